The summed E-state index contributed by atoms with van der Waals surface area (Å²) in [7, 11) is 0. The van der Waals surface area contributed by atoms with Gasteiger partial charge in [-0.3, -0.25) is 4.98 Å². The van der Waals surface area contributed by atoms with Gasteiger partial charge in [0.1, 0.15) is 0 Å². The molecule has 2 heteroatoms. The van der Waals surface area contributed by atoms with Crippen LogP contribution in [-0.2, 0) is 0 Å². The Morgan fingerprint density at radius 1 is 1.44 bits per heavy atom. The van der Waals surface area contributed by atoms with Crippen molar-refractivity contribution in [2.45, 2.75) is 0 Å². The molecule has 1 nitrogen and oxygen atoms in total. The molecule has 1 heterocycles. The maximum Gasteiger partial charge on any atom is 0.0274 e. The molecule has 0 saturated heterocycles. The van der Waals surface area contributed by atoms with Gasteiger partial charge in [0.05, 0.1) is 0 Å². The second kappa shape index (κ2) is 2.96. The van der Waals surface area contributed by atoms with Crippen molar-refractivity contribution in [1.82, 2.24) is 4.98 Å². The molecule has 46 valence electrons. The minimum absolute atomic E-state index is 1.05. The molecule has 0 saturated carbocycles. The molecule has 1 aromatic heterocycles. The summed E-state index contributed by atoms with van der Waals surface area (Å²) in [5.41, 5.74) is 1.14. The fraction of sp³-hybridized carbons (Fsp3) is 0. The van der Waals surface area contributed by atoms with Crippen LogP contribution in [0.2, 0.25) is 0 Å². The largest absolute Gasteiger partial charge is 0.265 e. The van der Waals surface area contributed by atoms with E-state index in [4.69, 9.17) is 0 Å². The maximum atomic E-state index is 3.88. The van der Waals surface area contributed by atoms with Gasteiger partial charge in [-0.2, -0.15) is 0 Å². The van der Waals surface area contributed by atoms with Crippen LogP contribution in [-0.4, -0.2) is 4.98 Å². The lowest BCUT2D eigenvalue weighted by Crippen LogP contribution is -1.73. The molecule has 0 aromatic carbocycles. The summed E-state index contributed by atoms with van der Waals surface area (Å²) in [6, 6.07) is 3.88. The average molecular weight is 231 g/mol. The molecule has 0 atom stereocenters. The molecule has 0 N–H and O–H groups in total. The van der Waals surface area contributed by atoms with Crippen LogP contribution in [0.4, 0.5) is 0 Å². The van der Waals surface area contributed by atoms with Crippen LogP contribution in [0, 0.1) is 0 Å². The number of halogens is 1. The molecule has 0 radical (unpaired) electrons. The lowest BCUT2D eigenvalue weighted by atomic mass is 10.3. The number of aromatic nitrogens is 1. The maximum absolute atomic E-state index is 3.88. The Morgan fingerprint density at radius 2 is 2.00 bits per heavy atom. The van der Waals surface area contributed by atoms with Gasteiger partial charge in [-0.15, -0.1) is 0 Å². The zero-order chi connectivity index (χ0) is 6.69. The first-order valence-electron chi connectivity index (χ1n) is 2.55. The Morgan fingerprint density at radius 3 is 2.33 bits per heavy atom. The van der Waals surface area contributed by atoms with Crippen molar-refractivity contribution in [2.24, 2.45) is 0 Å². The zero-order valence-corrected chi connectivity index (χ0v) is 7.00. The summed E-state index contributed by atoms with van der Waals surface area (Å²) < 4.78 is 1.05. The number of rotatable bonds is 1. The third-order valence-electron chi connectivity index (χ3n) is 0.994. The standard InChI is InChI=1S/C7H6IN/c1-6(8)7-2-4-9-5-3-7/h2-5H,1H2. The number of hydrogen-bond acceptors (Lipinski definition) is 1. The minimum Gasteiger partial charge on any atom is -0.265 e. The van der Waals surface area contributed by atoms with Crippen LogP contribution in [0.25, 0.3) is 3.58 Å². The molecule has 1 rings (SSSR count). The summed E-state index contributed by atoms with van der Waals surface area (Å²) >= 11 is 2.19. The summed E-state index contributed by atoms with van der Waals surface area (Å²) in [5.74, 6) is 0. The van der Waals surface area contributed by atoms with Crippen LogP contribution in [0.1, 0.15) is 5.56 Å². The smallest absolute Gasteiger partial charge is 0.0274 e. The van der Waals surface area contributed by atoms with E-state index in [1.807, 2.05) is 12.1 Å². The van der Waals surface area contributed by atoms with E-state index >= 15 is 0 Å². The lowest BCUT2D eigenvalue weighted by molar-refractivity contribution is 1.32. The van der Waals surface area contributed by atoms with Crippen LogP contribution in [0.5, 0.6) is 0 Å². The predicted molar refractivity (Wildman–Crippen MR) is 47.3 cm³/mol. The Balaban J connectivity index is 2.98. The van der Waals surface area contributed by atoms with Crippen LogP contribution < -0.4 is 0 Å². The van der Waals surface area contributed by atoms with E-state index in [1.54, 1.807) is 12.4 Å². The molecule has 0 aliphatic heterocycles. The summed E-state index contributed by atoms with van der Waals surface area (Å²) in [5, 5.41) is 0. The number of hydrogen-bond donors (Lipinski definition) is 0. The van der Waals surface area contributed by atoms with E-state index in [0.717, 1.165) is 9.14 Å². The fourth-order valence-corrected chi connectivity index (χ4v) is 0.892. The first kappa shape index (κ1) is 6.74. The Hall–Kier alpha value is -0.380. The second-order valence-electron chi connectivity index (χ2n) is 1.64. The summed E-state index contributed by atoms with van der Waals surface area (Å²) in [6.07, 6.45) is 3.53. The van der Waals surface area contributed by atoms with Gasteiger partial charge in [0, 0.05) is 16.0 Å². The van der Waals surface area contributed by atoms with Gasteiger partial charge in [-0.05, 0) is 40.3 Å². The van der Waals surface area contributed by atoms with Gasteiger partial charge in [0.15, 0.2) is 0 Å². The first-order valence-corrected chi connectivity index (χ1v) is 3.63. The lowest BCUT2D eigenvalue weighted by Gasteiger charge is -1.92. The van der Waals surface area contributed by atoms with Crippen molar-refractivity contribution < 1.29 is 0 Å². The SMILES string of the molecule is C=C(I)c1ccncc1. The van der Waals surface area contributed by atoms with E-state index in [2.05, 4.69) is 34.2 Å². The van der Waals surface area contributed by atoms with Crippen molar-refractivity contribution in [3.63, 3.8) is 0 Å². The molecule has 0 unspecified atom stereocenters. The van der Waals surface area contributed by atoms with E-state index in [1.165, 1.54) is 0 Å². The molecule has 0 spiro atoms. The topological polar surface area (TPSA) is 12.9 Å². The van der Waals surface area contributed by atoms with Crippen LogP contribution in [0.3, 0.4) is 0 Å². The summed E-state index contributed by atoms with van der Waals surface area (Å²) in [6.45, 7) is 3.78. The summed E-state index contributed by atoms with van der Waals surface area (Å²) in [4.78, 5) is 3.88. The van der Waals surface area contributed by atoms with Crippen molar-refractivity contribution in [3.8, 4) is 0 Å². The third-order valence-corrected chi connectivity index (χ3v) is 1.62. The molecular formula is C7H6IN. The van der Waals surface area contributed by atoms with Gasteiger partial charge in [-0.1, -0.05) is 6.58 Å². The molecule has 0 fully saturated rings. The van der Waals surface area contributed by atoms with Gasteiger partial charge in [0.2, 0.25) is 0 Å². The average Bonchev–Trinajstić information content (AvgIpc) is 1.90. The predicted octanol–water partition coefficient (Wildman–Crippen LogP) is 2.49. The number of pyridine rings is 1. The quantitative estimate of drug-likeness (QED) is 0.676. The highest BCUT2D eigenvalue weighted by Crippen LogP contribution is 2.16. The van der Waals surface area contributed by atoms with E-state index in [0.29, 0.717) is 0 Å². The van der Waals surface area contributed by atoms with Gasteiger partial charge >= 0.3 is 0 Å². The molecular weight excluding hydrogens is 225 g/mol. The van der Waals surface area contributed by atoms with Crippen LogP contribution >= 0.6 is 22.6 Å². The Labute approximate surface area is 68.0 Å². The van der Waals surface area contributed by atoms with Crippen molar-refractivity contribution in [2.75, 3.05) is 0 Å². The molecule has 0 amide bonds. The molecule has 9 heavy (non-hydrogen) atoms. The zero-order valence-electron chi connectivity index (χ0n) is 4.84. The first-order chi connectivity index (χ1) is 4.30. The van der Waals surface area contributed by atoms with Gasteiger partial charge in [0.25, 0.3) is 0 Å². The fourth-order valence-electron chi connectivity index (χ4n) is 0.533. The monoisotopic (exact) mass is 231 g/mol. The number of nitrogens with zero attached hydrogens (tertiary/aromatic N) is 1. The highest BCUT2D eigenvalue weighted by Gasteiger charge is 1.88. The highest BCUT2D eigenvalue weighted by molar-refractivity contribution is 14.1. The normalized spacial score (nSPS) is 9.00. The minimum atomic E-state index is 1.05. The van der Waals surface area contributed by atoms with E-state index < -0.39 is 0 Å². The molecule has 0 bridgehead atoms. The molecule has 0 aliphatic rings. The second-order valence-corrected chi connectivity index (χ2v) is 2.94. The third kappa shape index (κ3) is 1.78. The molecule has 1 aromatic rings. The van der Waals surface area contributed by atoms with Crippen molar-refractivity contribution >= 4 is 26.2 Å². The Bertz CT molecular complexity index is 205. The van der Waals surface area contributed by atoms with Crippen LogP contribution in [0.15, 0.2) is 31.1 Å². The molecule has 0 aliphatic carbocycles. The van der Waals surface area contributed by atoms with Crippen molar-refractivity contribution in [1.29, 1.82) is 0 Å². The van der Waals surface area contributed by atoms with E-state index in [-0.39, 0.29) is 0 Å². The van der Waals surface area contributed by atoms with E-state index in [9.17, 15) is 0 Å². The van der Waals surface area contributed by atoms with Crippen molar-refractivity contribution in [3.05, 3.63) is 36.7 Å². The Kier molecular flexibility index (Phi) is 2.22. The highest BCUT2D eigenvalue weighted by atomic mass is 127. The van der Waals surface area contributed by atoms with Gasteiger partial charge in [-0.25, -0.2) is 0 Å². The van der Waals surface area contributed by atoms with Gasteiger partial charge < -0.3 is 0 Å².